The minimum Gasteiger partial charge on any atom is -0.368 e. The summed E-state index contributed by atoms with van der Waals surface area (Å²) in [6.45, 7) is 10.1. The van der Waals surface area contributed by atoms with Gasteiger partial charge in [-0.1, -0.05) is 0 Å². The van der Waals surface area contributed by atoms with Gasteiger partial charge in [-0.05, 0) is 39.7 Å². The topological polar surface area (TPSA) is 73.7 Å². The van der Waals surface area contributed by atoms with Gasteiger partial charge in [-0.15, -0.1) is 11.3 Å². The molecule has 1 atom stereocenters. The summed E-state index contributed by atoms with van der Waals surface area (Å²) < 4.78 is 37.1. The number of nitrogens with zero attached hydrogens (tertiary/aromatic N) is 3. The van der Waals surface area contributed by atoms with Crippen molar-refractivity contribution in [1.82, 2.24) is 14.7 Å². The van der Waals surface area contributed by atoms with Gasteiger partial charge < -0.3 is 9.47 Å². The van der Waals surface area contributed by atoms with E-state index in [1.54, 1.807) is 4.68 Å². The molecule has 0 aromatic carbocycles. The first-order chi connectivity index (χ1) is 14.6. The summed E-state index contributed by atoms with van der Waals surface area (Å²) >= 11 is 1.86. The van der Waals surface area contributed by atoms with Crippen LogP contribution in [0.15, 0.2) is 18.5 Å². The molecule has 31 heavy (non-hydrogen) atoms. The van der Waals surface area contributed by atoms with Crippen LogP contribution in [-0.2, 0) is 38.0 Å². The molecule has 0 saturated carbocycles. The highest BCUT2D eigenvalue weighted by Gasteiger charge is 2.45. The van der Waals surface area contributed by atoms with Crippen molar-refractivity contribution in [2.24, 2.45) is 0 Å². The van der Waals surface area contributed by atoms with Crippen LogP contribution in [0.4, 0.5) is 0 Å². The van der Waals surface area contributed by atoms with E-state index in [2.05, 4.69) is 36.8 Å². The second-order valence-corrected chi connectivity index (χ2v) is 12.7. The maximum absolute atomic E-state index is 11.4. The Labute approximate surface area is 189 Å². The average molecular weight is 468 g/mol. The lowest BCUT2D eigenvalue weighted by atomic mass is 9.84. The molecular formula is C22H33N3O4S2. The van der Waals surface area contributed by atoms with Crippen molar-refractivity contribution < 1.29 is 17.9 Å². The number of thiophene rings is 1. The standard InChI is InChI=1S/C22H33N3O4S2/c1-16(2)29-20-15-28-22(21-19(20)11-17(3)30-21)5-7-24(8-6-22)13-18-12-23-25(14-18)9-10-31(4,26)27/h11-12,14,16,20H,5-10,13,15H2,1-4H3. The van der Waals surface area contributed by atoms with Crippen molar-refractivity contribution in [1.29, 1.82) is 0 Å². The number of aryl methyl sites for hydroxylation is 2. The van der Waals surface area contributed by atoms with Crippen molar-refractivity contribution in [2.75, 3.05) is 31.7 Å². The SMILES string of the molecule is Cc1cc2c(s1)C1(CCN(Cc3cnn(CCS(C)(=O)=O)c3)CC1)OCC2OC(C)C. The van der Waals surface area contributed by atoms with E-state index in [0.717, 1.165) is 38.0 Å². The molecule has 0 aliphatic carbocycles. The van der Waals surface area contributed by atoms with Crippen LogP contribution in [0.1, 0.15) is 53.7 Å². The Kier molecular flexibility index (Phi) is 6.61. The minimum atomic E-state index is -2.98. The van der Waals surface area contributed by atoms with Crippen LogP contribution in [0.25, 0.3) is 0 Å². The molecule has 0 radical (unpaired) electrons. The molecule has 7 nitrogen and oxygen atoms in total. The summed E-state index contributed by atoms with van der Waals surface area (Å²) in [6, 6.07) is 2.29. The van der Waals surface area contributed by atoms with Gasteiger partial charge >= 0.3 is 0 Å². The predicted molar refractivity (Wildman–Crippen MR) is 122 cm³/mol. The smallest absolute Gasteiger partial charge is 0.149 e. The number of sulfone groups is 1. The normalized spacial score (nSPS) is 21.6. The lowest BCUT2D eigenvalue weighted by molar-refractivity contribution is -0.149. The number of rotatable bonds is 7. The average Bonchev–Trinajstić information content (AvgIpc) is 3.30. The molecule has 2 aromatic heterocycles. The van der Waals surface area contributed by atoms with Crippen LogP contribution >= 0.6 is 11.3 Å². The van der Waals surface area contributed by atoms with Gasteiger partial charge in [0.15, 0.2) is 0 Å². The molecular weight excluding hydrogens is 434 g/mol. The van der Waals surface area contributed by atoms with Crippen LogP contribution in [0.5, 0.6) is 0 Å². The van der Waals surface area contributed by atoms with E-state index in [9.17, 15) is 8.42 Å². The van der Waals surface area contributed by atoms with E-state index in [4.69, 9.17) is 9.47 Å². The Bertz CT molecular complexity index is 1000. The highest BCUT2D eigenvalue weighted by Crippen LogP contribution is 2.49. The molecule has 1 fully saturated rings. The summed E-state index contributed by atoms with van der Waals surface area (Å²) in [5.74, 6) is 0.113. The largest absolute Gasteiger partial charge is 0.368 e. The quantitative estimate of drug-likeness (QED) is 0.622. The zero-order valence-corrected chi connectivity index (χ0v) is 20.5. The summed E-state index contributed by atoms with van der Waals surface area (Å²) in [7, 11) is -2.98. The number of likely N-dealkylation sites (tertiary alicyclic amines) is 1. The molecule has 4 heterocycles. The fraction of sp³-hybridized carbons (Fsp3) is 0.682. The van der Waals surface area contributed by atoms with Gasteiger partial charge in [0, 0.05) is 53.0 Å². The number of hydrogen-bond donors (Lipinski definition) is 0. The maximum Gasteiger partial charge on any atom is 0.149 e. The van der Waals surface area contributed by atoms with E-state index < -0.39 is 9.84 Å². The van der Waals surface area contributed by atoms with E-state index in [0.29, 0.717) is 13.2 Å². The van der Waals surface area contributed by atoms with E-state index >= 15 is 0 Å². The maximum atomic E-state index is 11.4. The summed E-state index contributed by atoms with van der Waals surface area (Å²) in [5, 5.41) is 4.32. The summed E-state index contributed by atoms with van der Waals surface area (Å²) in [5.41, 5.74) is 2.25. The van der Waals surface area contributed by atoms with Crippen molar-refractivity contribution >= 4 is 21.2 Å². The molecule has 172 valence electrons. The van der Waals surface area contributed by atoms with Gasteiger partial charge in [0.05, 0.1) is 31.2 Å². The van der Waals surface area contributed by atoms with Gasteiger partial charge in [-0.25, -0.2) is 8.42 Å². The summed E-state index contributed by atoms with van der Waals surface area (Å²) in [4.78, 5) is 5.11. The van der Waals surface area contributed by atoms with E-state index in [1.807, 2.05) is 23.7 Å². The summed E-state index contributed by atoms with van der Waals surface area (Å²) in [6.07, 6.45) is 7.20. The highest BCUT2D eigenvalue weighted by molar-refractivity contribution is 7.90. The first-order valence-electron chi connectivity index (χ1n) is 11.0. The van der Waals surface area contributed by atoms with Crippen molar-refractivity contribution in [3.8, 4) is 0 Å². The van der Waals surface area contributed by atoms with Crippen LogP contribution in [-0.4, -0.2) is 60.9 Å². The zero-order valence-electron chi connectivity index (χ0n) is 18.8. The van der Waals surface area contributed by atoms with Crippen molar-refractivity contribution in [3.63, 3.8) is 0 Å². The van der Waals surface area contributed by atoms with E-state index in [-0.39, 0.29) is 23.6 Å². The number of fused-ring (bicyclic) bond motifs is 2. The number of piperidine rings is 1. The predicted octanol–water partition coefficient (Wildman–Crippen LogP) is 3.29. The Morgan fingerprint density at radius 1 is 1.35 bits per heavy atom. The number of hydrogen-bond acceptors (Lipinski definition) is 7. The Balaban J connectivity index is 1.39. The monoisotopic (exact) mass is 467 g/mol. The van der Waals surface area contributed by atoms with Gasteiger partial charge in [-0.3, -0.25) is 9.58 Å². The van der Waals surface area contributed by atoms with Gasteiger partial charge in [0.25, 0.3) is 0 Å². The molecule has 1 saturated heterocycles. The minimum absolute atomic E-state index is 0.0291. The first kappa shape index (κ1) is 22.9. The Morgan fingerprint density at radius 2 is 2.10 bits per heavy atom. The van der Waals surface area contributed by atoms with Gasteiger partial charge in [0.1, 0.15) is 21.5 Å². The third kappa shape index (κ3) is 5.39. The highest BCUT2D eigenvalue weighted by atomic mass is 32.2. The lowest BCUT2D eigenvalue weighted by Crippen LogP contribution is -2.46. The van der Waals surface area contributed by atoms with Crippen molar-refractivity contribution in [2.45, 2.75) is 64.5 Å². The fourth-order valence-electron chi connectivity index (χ4n) is 4.53. The van der Waals surface area contributed by atoms with Gasteiger partial charge in [0.2, 0.25) is 0 Å². The van der Waals surface area contributed by atoms with Crippen LogP contribution in [0.3, 0.4) is 0 Å². The molecule has 2 aliphatic heterocycles. The fourth-order valence-corrected chi connectivity index (χ4v) is 6.32. The Morgan fingerprint density at radius 3 is 2.77 bits per heavy atom. The molecule has 2 aromatic rings. The molecule has 0 bridgehead atoms. The van der Waals surface area contributed by atoms with Crippen molar-refractivity contribution in [3.05, 3.63) is 39.3 Å². The second kappa shape index (κ2) is 8.94. The van der Waals surface area contributed by atoms with Crippen LogP contribution in [0.2, 0.25) is 0 Å². The molecule has 9 heteroatoms. The molecule has 0 amide bonds. The zero-order chi connectivity index (χ0) is 22.2. The van der Waals surface area contributed by atoms with E-state index in [1.165, 1.54) is 21.6 Å². The van der Waals surface area contributed by atoms with Gasteiger partial charge in [-0.2, -0.15) is 5.10 Å². The Hall–Kier alpha value is -1.26. The molecule has 1 unspecified atom stereocenters. The third-order valence-electron chi connectivity index (χ3n) is 6.04. The molecule has 2 aliphatic rings. The van der Waals surface area contributed by atoms with Crippen LogP contribution in [0, 0.1) is 6.92 Å². The molecule has 1 spiro atoms. The van der Waals surface area contributed by atoms with Crippen LogP contribution < -0.4 is 0 Å². The third-order valence-corrected chi connectivity index (χ3v) is 8.22. The second-order valence-electron chi connectivity index (χ2n) is 9.14. The number of ether oxygens (including phenoxy) is 2. The number of aromatic nitrogens is 2. The molecule has 0 N–H and O–H groups in total. The lowest BCUT2D eigenvalue weighted by Gasteiger charge is -2.45. The molecule has 4 rings (SSSR count). The first-order valence-corrected chi connectivity index (χ1v) is 13.8.